The molecule has 7 nitrogen and oxygen atoms in total. The molecule has 0 aliphatic rings. The lowest BCUT2D eigenvalue weighted by Gasteiger charge is -2.14. The second-order valence-electron chi connectivity index (χ2n) is 6.38. The van der Waals surface area contributed by atoms with E-state index in [0.29, 0.717) is 11.4 Å². The monoisotopic (exact) mass is 311 g/mol. The van der Waals surface area contributed by atoms with E-state index >= 15 is 0 Å². The third-order valence-corrected chi connectivity index (χ3v) is 3.45. The van der Waals surface area contributed by atoms with Gasteiger partial charge in [-0.05, 0) is 24.3 Å². The number of ketones is 1. The molecule has 1 aromatic carbocycles. The molecule has 0 bridgehead atoms. The van der Waals surface area contributed by atoms with E-state index in [1.165, 1.54) is 6.20 Å². The molecule has 2 aromatic heterocycles. The molecule has 0 spiro atoms. The van der Waals surface area contributed by atoms with Gasteiger partial charge in [0.2, 0.25) is 0 Å². The van der Waals surface area contributed by atoms with Crippen LogP contribution in [0.3, 0.4) is 0 Å². The van der Waals surface area contributed by atoms with Gasteiger partial charge in [-0.2, -0.15) is 0 Å². The Morgan fingerprint density at radius 1 is 1.17 bits per heavy atom. The van der Waals surface area contributed by atoms with Crippen molar-refractivity contribution in [2.75, 3.05) is 5.32 Å². The molecule has 0 atom stereocenters. The summed E-state index contributed by atoms with van der Waals surface area (Å²) in [5.41, 5.74) is 1.79. The minimum absolute atomic E-state index is 0.0434. The number of nitrogens with one attached hydrogen (secondary N) is 3. The SMILES string of the molecule is CC(C)(C)C(=O)c1cc2cc(NC(=O)c3c[nH]nn3)ccc2[nH]1. The number of Topliss-reactive ketones (excluding diaryl/α,β-unsaturated/α-hetero) is 1. The Morgan fingerprint density at radius 3 is 2.61 bits per heavy atom. The Balaban J connectivity index is 1.87. The highest BCUT2D eigenvalue weighted by Gasteiger charge is 2.24. The zero-order chi connectivity index (χ0) is 16.6. The van der Waals surface area contributed by atoms with Gasteiger partial charge in [0.05, 0.1) is 11.9 Å². The van der Waals surface area contributed by atoms with Crippen molar-refractivity contribution in [2.45, 2.75) is 20.8 Å². The lowest BCUT2D eigenvalue weighted by Crippen LogP contribution is -2.20. The predicted molar refractivity (Wildman–Crippen MR) is 86.4 cm³/mol. The Kier molecular flexibility index (Phi) is 3.48. The molecule has 3 rings (SSSR count). The Labute approximate surface area is 132 Å². The van der Waals surface area contributed by atoms with Crippen molar-refractivity contribution >= 4 is 28.3 Å². The summed E-state index contributed by atoms with van der Waals surface area (Å²) in [5, 5.41) is 13.3. The van der Waals surface area contributed by atoms with Crippen LogP contribution in [0, 0.1) is 5.41 Å². The maximum atomic E-state index is 12.3. The number of carbonyl (C=O) groups is 2. The number of fused-ring (bicyclic) bond motifs is 1. The summed E-state index contributed by atoms with van der Waals surface area (Å²) in [6, 6.07) is 7.20. The van der Waals surface area contributed by atoms with Crippen LogP contribution in [-0.4, -0.2) is 32.1 Å². The smallest absolute Gasteiger partial charge is 0.277 e. The van der Waals surface area contributed by atoms with E-state index in [4.69, 9.17) is 0 Å². The summed E-state index contributed by atoms with van der Waals surface area (Å²) in [4.78, 5) is 27.4. The number of aromatic nitrogens is 4. The third kappa shape index (κ3) is 2.98. The summed E-state index contributed by atoms with van der Waals surface area (Å²) < 4.78 is 0. The predicted octanol–water partition coefficient (Wildman–Crippen LogP) is 2.77. The molecule has 118 valence electrons. The van der Waals surface area contributed by atoms with Crippen LogP contribution in [0.1, 0.15) is 41.7 Å². The number of amides is 1. The van der Waals surface area contributed by atoms with Crippen molar-refractivity contribution in [3.63, 3.8) is 0 Å². The van der Waals surface area contributed by atoms with Crippen molar-refractivity contribution in [3.8, 4) is 0 Å². The third-order valence-electron chi connectivity index (χ3n) is 3.45. The highest BCUT2D eigenvalue weighted by molar-refractivity contribution is 6.05. The second kappa shape index (κ2) is 5.35. The van der Waals surface area contributed by atoms with E-state index in [0.717, 1.165) is 10.9 Å². The van der Waals surface area contributed by atoms with Gasteiger partial charge in [0.25, 0.3) is 5.91 Å². The topological polar surface area (TPSA) is 104 Å². The largest absolute Gasteiger partial charge is 0.352 e. The van der Waals surface area contributed by atoms with Gasteiger partial charge < -0.3 is 10.3 Å². The number of benzene rings is 1. The van der Waals surface area contributed by atoms with Gasteiger partial charge in [0.1, 0.15) is 0 Å². The van der Waals surface area contributed by atoms with E-state index in [9.17, 15) is 9.59 Å². The van der Waals surface area contributed by atoms with Crippen molar-refractivity contribution in [1.29, 1.82) is 0 Å². The van der Waals surface area contributed by atoms with Gasteiger partial charge in [-0.1, -0.05) is 26.0 Å². The van der Waals surface area contributed by atoms with E-state index in [2.05, 4.69) is 25.7 Å². The van der Waals surface area contributed by atoms with Crippen molar-refractivity contribution < 1.29 is 9.59 Å². The normalized spacial score (nSPS) is 11.6. The molecule has 0 aliphatic heterocycles. The first-order valence-corrected chi connectivity index (χ1v) is 7.20. The molecule has 1 amide bonds. The van der Waals surface area contributed by atoms with E-state index in [-0.39, 0.29) is 17.4 Å². The summed E-state index contributed by atoms with van der Waals surface area (Å²) in [5.74, 6) is -0.304. The lowest BCUT2D eigenvalue weighted by molar-refractivity contribution is 0.0853. The highest BCUT2D eigenvalue weighted by atomic mass is 16.2. The first-order valence-electron chi connectivity index (χ1n) is 7.20. The summed E-state index contributed by atoms with van der Waals surface area (Å²) in [6.07, 6.45) is 1.42. The number of hydrogen-bond acceptors (Lipinski definition) is 4. The van der Waals surface area contributed by atoms with Gasteiger partial charge in [-0.25, -0.2) is 0 Å². The van der Waals surface area contributed by atoms with Crippen LogP contribution in [0.25, 0.3) is 10.9 Å². The number of nitrogens with zero attached hydrogens (tertiary/aromatic N) is 2. The molecule has 3 aromatic rings. The minimum atomic E-state index is -0.453. The van der Waals surface area contributed by atoms with Gasteiger partial charge in [-0.15, -0.1) is 5.10 Å². The van der Waals surface area contributed by atoms with Crippen LogP contribution in [0.15, 0.2) is 30.5 Å². The van der Waals surface area contributed by atoms with Crippen LogP contribution < -0.4 is 5.32 Å². The molecule has 0 fully saturated rings. The minimum Gasteiger partial charge on any atom is -0.352 e. The van der Waals surface area contributed by atoms with Crippen LogP contribution in [0.2, 0.25) is 0 Å². The van der Waals surface area contributed by atoms with Crippen molar-refractivity contribution in [3.05, 3.63) is 41.9 Å². The maximum Gasteiger partial charge on any atom is 0.277 e. The standard InChI is InChI=1S/C16H17N5O2/c1-16(2,3)14(22)12-7-9-6-10(4-5-11(9)19-12)18-15(23)13-8-17-21-20-13/h4-8,19H,1-3H3,(H,18,23)(H,17,20,21). The highest BCUT2D eigenvalue weighted by Crippen LogP contribution is 2.25. The number of aromatic amines is 2. The maximum absolute atomic E-state index is 12.3. The fourth-order valence-corrected chi connectivity index (χ4v) is 2.24. The van der Waals surface area contributed by atoms with Crippen LogP contribution in [0.5, 0.6) is 0 Å². The van der Waals surface area contributed by atoms with Crippen LogP contribution in [-0.2, 0) is 0 Å². The van der Waals surface area contributed by atoms with E-state index in [1.807, 2.05) is 32.9 Å². The molecule has 3 N–H and O–H groups in total. The Bertz CT molecular complexity index is 872. The quantitative estimate of drug-likeness (QED) is 0.647. The summed E-state index contributed by atoms with van der Waals surface area (Å²) in [6.45, 7) is 5.64. The van der Waals surface area contributed by atoms with Gasteiger partial charge in [-0.3, -0.25) is 14.7 Å². The summed E-state index contributed by atoms with van der Waals surface area (Å²) >= 11 is 0. The number of hydrogen-bond donors (Lipinski definition) is 3. The molecule has 0 aliphatic carbocycles. The lowest BCUT2D eigenvalue weighted by atomic mass is 9.89. The summed E-state index contributed by atoms with van der Waals surface area (Å²) in [7, 11) is 0. The number of anilines is 1. The molecule has 0 radical (unpaired) electrons. The van der Waals surface area contributed by atoms with E-state index in [1.54, 1.807) is 12.1 Å². The molecule has 0 unspecified atom stereocenters. The van der Waals surface area contributed by atoms with Crippen LogP contribution >= 0.6 is 0 Å². The molecule has 7 heteroatoms. The number of carbonyl (C=O) groups excluding carboxylic acids is 2. The zero-order valence-corrected chi connectivity index (χ0v) is 13.1. The Hall–Kier alpha value is -2.96. The molecular weight excluding hydrogens is 294 g/mol. The molecule has 0 saturated carbocycles. The first kappa shape index (κ1) is 15.0. The fraction of sp³-hybridized carbons (Fsp3) is 0.250. The molecule has 2 heterocycles. The van der Waals surface area contributed by atoms with Gasteiger partial charge in [0, 0.05) is 22.0 Å². The first-order chi connectivity index (χ1) is 10.8. The van der Waals surface area contributed by atoms with Gasteiger partial charge >= 0.3 is 0 Å². The van der Waals surface area contributed by atoms with E-state index < -0.39 is 5.41 Å². The second-order valence-corrected chi connectivity index (χ2v) is 6.38. The number of rotatable bonds is 3. The fourth-order valence-electron chi connectivity index (χ4n) is 2.24. The van der Waals surface area contributed by atoms with Crippen molar-refractivity contribution in [1.82, 2.24) is 20.4 Å². The average Bonchev–Trinajstić information content (AvgIpc) is 3.14. The zero-order valence-electron chi connectivity index (χ0n) is 13.1. The molecular formula is C16H17N5O2. The number of H-pyrrole nitrogens is 2. The Morgan fingerprint density at radius 2 is 1.96 bits per heavy atom. The van der Waals surface area contributed by atoms with Gasteiger partial charge in [0.15, 0.2) is 11.5 Å². The van der Waals surface area contributed by atoms with Crippen LogP contribution in [0.4, 0.5) is 5.69 Å². The molecule has 23 heavy (non-hydrogen) atoms. The average molecular weight is 311 g/mol. The van der Waals surface area contributed by atoms with Crippen molar-refractivity contribution in [2.24, 2.45) is 5.41 Å². The molecule has 0 saturated heterocycles.